The summed E-state index contributed by atoms with van der Waals surface area (Å²) < 4.78 is 6.06. The summed E-state index contributed by atoms with van der Waals surface area (Å²) in [5, 5.41) is 1.10. The molecule has 0 amide bonds. The number of fused-ring (bicyclic) bond motifs is 1. The van der Waals surface area contributed by atoms with E-state index in [1.54, 1.807) is 0 Å². The van der Waals surface area contributed by atoms with Crippen molar-refractivity contribution in [3.8, 4) is 5.75 Å². The molecule has 18 heavy (non-hydrogen) atoms. The van der Waals surface area contributed by atoms with E-state index in [9.17, 15) is 0 Å². The molecule has 0 spiro atoms. The third kappa shape index (κ3) is 2.06. The second-order valence-electron chi connectivity index (χ2n) is 5.11. The molecular formula is C15H18N2O. The largest absolute Gasteiger partial charge is 0.487 e. The highest BCUT2D eigenvalue weighted by atomic mass is 16.5. The molecular weight excluding hydrogens is 224 g/mol. The van der Waals surface area contributed by atoms with Gasteiger partial charge in [0.2, 0.25) is 0 Å². The first-order chi connectivity index (χ1) is 8.74. The van der Waals surface area contributed by atoms with Crippen LogP contribution >= 0.6 is 0 Å². The lowest BCUT2D eigenvalue weighted by Gasteiger charge is -2.41. The summed E-state index contributed by atoms with van der Waals surface area (Å²) in [5.41, 5.74) is 0.995. The minimum atomic E-state index is 0.318. The van der Waals surface area contributed by atoms with E-state index >= 15 is 0 Å². The Hall–Kier alpha value is -1.61. The zero-order valence-corrected chi connectivity index (χ0v) is 10.8. The maximum Gasteiger partial charge on any atom is 0.130 e. The lowest BCUT2D eigenvalue weighted by atomic mass is 10.1. The average molecular weight is 242 g/mol. The van der Waals surface area contributed by atoms with Crippen molar-refractivity contribution in [2.75, 3.05) is 13.1 Å². The molecule has 1 fully saturated rings. The highest BCUT2D eigenvalue weighted by Crippen LogP contribution is 2.26. The SMILES string of the molecule is CC(C)N1CC(Oc2ccnc3ccccc23)C1. The molecule has 0 aliphatic carbocycles. The second kappa shape index (κ2) is 4.58. The van der Waals surface area contributed by atoms with Gasteiger partial charge in [0.05, 0.1) is 5.52 Å². The maximum atomic E-state index is 6.06. The standard InChI is InChI=1S/C15H18N2O/c1-11(2)17-9-12(10-17)18-15-7-8-16-14-6-4-3-5-13(14)15/h3-8,11-12H,9-10H2,1-2H3. The predicted octanol–water partition coefficient (Wildman–Crippen LogP) is 2.71. The minimum absolute atomic E-state index is 0.318. The number of benzene rings is 1. The second-order valence-corrected chi connectivity index (χ2v) is 5.11. The Morgan fingerprint density at radius 2 is 2.00 bits per heavy atom. The van der Waals surface area contributed by atoms with Crippen molar-refractivity contribution in [3.05, 3.63) is 36.5 Å². The van der Waals surface area contributed by atoms with Crippen LogP contribution in [0.25, 0.3) is 10.9 Å². The Morgan fingerprint density at radius 3 is 2.78 bits per heavy atom. The van der Waals surface area contributed by atoms with Crippen molar-refractivity contribution in [2.24, 2.45) is 0 Å². The Balaban J connectivity index is 1.76. The number of hydrogen-bond acceptors (Lipinski definition) is 3. The molecule has 1 aromatic carbocycles. The summed E-state index contributed by atoms with van der Waals surface area (Å²) in [6.07, 6.45) is 2.13. The summed E-state index contributed by atoms with van der Waals surface area (Å²) in [5.74, 6) is 0.953. The first kappa shape index (κ1) is 11.5. The Labute approximate surface area is 107 Å². The number of likely N-dealkylation sites (tertiary alicyclic amines) is 1. The molecule has 0 radical (unpaired) electrons. The summed E-state index contributed by atoms with van der Waals surface area (Å²) >= 11 is 0. The zero-order valence-electron chi connectivity index (χ0n) is 10.8. The number of ether oxygens (including phenoxy) is 1. The van der Waals surface area contributed by atoms with Gasteiger partial charge in [-0.05, 0) is 32.0 Å². The predicted molar refractivity (Wildman–Crippen MR) is 72.9 cm³/mol. The molecule has 2 heterocycles. The van der Waals surface area contributed by atoms with Crippen molar-refractivity contribution in [1.82, 2.24) is 9.88 Å². The van der Waals surface area contributed by atoms with Gasteiger partial charge in [-0.25, -0.2) is 0 Å². The van der Waals surface area contributed by atoms with Crippen LogP contribution in [-0.4, -0.2) is 35.1 Å². The fourth-order valence-electron chi connectivity index (χ4n) is 2.32. The van der Waals surface area contributed by atoms with E-state index in [4.69, 9.17) is 4.74 Å². The van der Waals surface area contributed by atoms with Crippen LogP contribution in [0.15, 0.2) is 36.5 Å². The van der Waals surface area contributed by atoms with E-state index in [2.05, 4.69) is 29.8 Å². The monoisotopic (exact) mass is 242 g/mol. The molecule has 0 bridgehead atoms. The van der Waals surface area contributed by atoms with Crippen molar-refractivity contribution >= 4 is 10.9 Å². The molecule has 1 aliphatic heterocycles. The van der Waals surface area contributed by atoms with Crippen LogP contribution in [-0.2, 0) is 0 Å². The molecule has 94 valence electrons. The van der Waals surface area contributed by atoms with Gasteiger partial charge in [0.25, 0.3) is 0 Å². The molecule has 0 N–H and O–H groups in total. The number of hydrogen-bond donors (Lipinski definition) is 0. The lowest BCUT2D eigenvalue weighted by molar-refractivity contribution is 0.000957. The van der Waals surface area contributed by atoms with Crippen LogP contribution in [0.1, 0.15) is 13.8 Å². The van der Waals surface area contributed by atoms with Crippen LogP contribution in [0, 0.1) is 0 Å². The van der Waals surface area contributed by atoms with Gasteiger partial charge in [-0.2, -0.15) is 0 Å². The van der Waals surface area contributed by atoms with E-state index in [1.165, 1.54) is 0 Å². The summed E-state index contributed by atoms with van der Waals surface area (Å²) in [4.78, 5) is 6.76. The number of pyridine rings is 1. The number of aromatic nitrogens is 1. The zero-order chi connectivity index (χ0) is 12.5. The van der Waals surface area contributed by atoms with Gasteiger partial charge in [0.1, 0.15) is 11.9 Å². The molecule has 3 rings (SSSR count). The van der Waals surface area contributed by atoms with Gasteiger partial charge >= 0.3 is 0 Å². The number of rotatable bonds is 3. The topological polar surface area (TPSA) is 25.4 Å². The Morgan fingerprint density at radius 1 is 1.22 bits per heavy atom. The minimum Gasteiger partial charge on any atom is -0.487 e. The summed E-state index contributed by atoms with van der Waals surface area (Å²) in [6, 6.07) is 10.7. The van der Waals surface area contributed by atoms with Gasteiger partial charge in [-0.15, -0.1) is 0 Å². The number of para-hydroxylation sites is 1. The molecule has 3 nitrogen and oxygen atoms in total. The summed E-state index contributed by atoms with van der Waals surface area (Å²) in [7, 11) is 0. The highest BCUT2D eigenvalue weighted by Gasteiger charge is 2.30. The van der Waals surface area contributed by atoms with E-state index in [0.29, 0.717) is 12.1 Å². The average Bonchev–Trinajstić information content (AvgIpc) is 2.33. The molecule has 2 aromatic rings. The number of nitrogens with zero attached hydrogens (tertiary/aromatic N) is 2. The van der Waals surface area contributed by atoms with Crippen LogP contribution < -0.4 is 4.74 Å². The molecule has 1 aliphatic rings. The highest BCUT2D eigenvalue weighted by molar-refractivity contribution is 5.84. The van der Waals surface area contributed by atoms with Crippen molar-refractivity contribution < 1.29 is 4.74 Å². The maximum absolute atomic E-state index is 6.06. The molecule has 3 heteroatoms. The normalized spacial score (nSPS) is 17.1. The molecule has 0 atom stereocenters. The third-order valence-corrected chi connectivity index (χ3v) is 3.51. The fourth-order valence-corrected chi connectivity index (χ4v) is 2.32. The van der Waals surface area contributed by atoms with Crippen LogP contribution in [0.4, 0.5) is 0 Å². The Bertz CT molecular complexity index is 542. The first-order valence-electron chi connectivity index (χ1n) is 6.48. The van der Waals surface area contributed by atoms with Gasteiger partial charge in [0.15, 0.2) is 0 Å². The van der Waals surface area contributed by atoms with E-state index in [0.717, 1.165) is 29.7 Å². The quantitative estimate of drug-likeness (QED) is 0.827. The summed E-state index contributed by atoms with van der Waals surface area (Å²) in [6.45, 7) is 6.48. The van der Waals surface area contributed by atoms with Crippen molar-refractivity contribution in [3.63, 3.8) is 0 Å². The van der Waals surface area contributed by atoms with Gasteiger partial charge in [-0.3, -0.25) is 9.88 Å². The van der Waals surface area contributed by atoms with Crippen molar-refractivity contribution in [2.45, 2.75) is 26.0 Å². The first-order valence-corrected chi connectivity index (χ1v) is 6.48. The van der Waals surface area contributed by atoms with Crippen molar-refractivity contribution in [1.29, 1.82) is 0 Å². The smallest absolute Gasteiger partial charge is 0.130 e. The molecule has 1 saturated heterocycles. The van der Waals surface area contributed by atoms with Gasteiger partial charge in [0, 0.05) is 30.7 Å². The third-order valence-electron chi connectivity index (χ3n) is 3.51. The molecule has 0 saturated carbocycles. The fraction of sp³-hybridized carbons (Fsp3) is 0.400. The van der Waals surface area contributed by atoms with Crippen LogP contribution in [0.3, 0.4) is 0 Å². The lowest BCUT2D eigenvalue weighted by Crippen LogP contribution is -2.56. The Kier molecular flexibility index (Phi) is 2.92. The van der Waals surface area contributed by atoms with Crippen LogP contribution in [0.5, 0.6) is 5.75 Å². The van der Waals surface area contributed by atoms with Gasteiger partial charge in [-0.1, -0.05) is 12.1 Å². The van der Waals surface area contributed by atoms with Crippen LogP contribution in [0.2, 0.25) is 0 Å². The molecule has 0 unspecified atom stereocenters. The van der Waals surface area contributed by atoms with Gasteiger partial charge < -0.3 is 4.74 Å². The molecule has 1 aromatic heterocycles. The van der Waals surface area contributed by atoms with E-state index in [1.807, 2.05) is 30.5 Å². The van der Waals surface area contributed by atoms with E-state index in [-0.39, 0.29) is 0 Å². The van der Waals surface area contributed by atoms with E-state index < -0.39 is 0 Å².